The number of carbonyl (C=O) groups excluding carboxylic acids is 5. The average molecular weight is 570 g/mol. The van der Waals surface area contributed by atoms with Crippen molar-refractivity contribution < 1.29 is 38.3 Å². The molecule has 0 unspecified atom stereocenters. The third-order valence-electron chi connectivity index (χ3n) is 5.39. The van der Waals surface area contributed by atoms with Crippen molar-refractivity contribution in [2.75, 3.05) is 32.1 Å². The van der Waals surface area contributed by atoms with Gasteiger partial charge in [0.1, 0.15) is 11.6 Å². The summed E-state index contributed by atoms with van der Waals surface area (Å²) in [7, 11) is 3.08. The SMILES string of the molecule is CC(C)(CC(C)(C)C(=O)ON1C(=O)CCC1=O)C(=O)OCCOCCNC(=O)CCSSc1ccccn1. The smallest absolute Gasteiger partial charge is 0.338 e. The van der Waals surface area contributed by atoms with Crippen LogP contribution in [0.5, 0.6) is 0 Å². The number of hydroxylamine groups is 2. The molecule has 1 aromatic heterocycles. The normalized spacial score (nSPS) is 13.9. The van der Waals surface area contributed by atoms with E-state index < -0.39 is 34.6 Å². The van der Waals surface area contributed by atoms with Gasteiger partial charge in [-0.05, 0) is 57.0 Å². The Morgan fingerprint density at radius 2 is 1.68 bits per heavy atom. The van der Waals surface area contributed by atoms with Crippen LogP contribution < -0.4 is 5.32 Å². The summed E-state index contributed by atoms with van der Waals surface area (Å²) < 4.78 is 10.7. The molecule has 2 rings (SSSR count). The molecular formula is C25H35N3O8S2. The van der Waals surface area contributed by atoms with Crippen LogP contribution in [0, 0.1) is 10.8 Å². The molecule has 0 radical (unpaired) electrons. The summed E-state index contributed by atoms with van der Waals surface area (Å²) >= 11 is 0. The molecule has 11 nitrogen and oxygen atoms in total. The Morgan fingerprint density at radius 3 is 2.34 bits per heavy atom. The highest BCUT2D eigenvalue weighted by Gasteiger charge is 2.43. The van der Waals surface area contributed by atoms with Crippen LogP contribution in [-0.2, 0) is 38.3 Å². The number of nitrogens with zero attached hydrogens (tertiary/aromatic N) is 2. The predicted molar refractivity (Wildman–Crippen MR) is 141 cm³/mol. The molecule has 1 aliphatic rings. The van der Waals surface area contributed by atoms with Gasteiger partial charge in [-0.15, -0.1) is 5.06 Å². The Kier molecular flexibility index (Phi) is 12.5. The molecule has 1 N–H and O–H groups in total. The Hall–Kier alpha value is -2.64. The molecular weight excluding hydrogens is 534 g/mol. The summed E-state index contributed by atoms with van der Waals surface area (Å²) in [5, 5.41) is 4.17. The van der Waals surface area contributed by atoms with Gasteiger partial charge in [0.25, 0.3) is 11.8 Å². The second-order valence-corrected chi connectivity index (χ2v) is 12.3. The molecule has 0 bridgehead atoms. The van der Waals surface area contributed by atoms with Gasteiger partial charge in [0.15, 0.2) is 0 Å². The van der Waals surface area contributed by atoms with Crippen molar-refractivity contribution in [2.24, 2.45) is 10.8 Å². The second-order valence-electron chi connectivity index (χ2n) is 9.83. The van der Waals surface area contributed by atoms with Gasteiger partial charge in [0.05, 0.1) is 24.0 Å². The lowest BCUT2D eigenvalue weighted by Gasteiger charge is -2.32. The number of imide groups is 1. The van der Waals surface area contributed by atoms with Crippen LogP contribution in [0.4, 0.5) is 0 Å². The first-order chi connectivity index (χ1) is 17.9. The molecule has 0 saturated carbocycles. The molecule has 13 heteroatoms. The standard InChI is InChI=1S/C25H35N3O8S2/c1-24(2,17-25(3,4)23(33)36-28-20(30)8-9-21(28)31)22(32)35-15-14-34-13-12-26-18(29)10-16-37-38-19-7-5-6-11-27-19/h5-7,11H,8-10,12-17H2,1-4H3,(H,26,29). The third-order valence-corrected chi connectivity index (χ3v) is 7.66. The van der Waals surface area contributed by atoms with E-state index in [1.165, 1.54) is 10.8 Å². The van der Waals surface area contributed by atoms with Crippen molar-refractivity contribution in [3.63, 3.8) is 0 Å². The second kappa shape index (κ2) is 15.1. The van der Waals surface area contributed by atoms with E-state index in [4.69, 9.17) is 14.3 Å². The molecule has 1 saturated heterocycles. The number of amides is 3. The highest BCUT2D eigenvalue weighted by molar-refractivity contribution is 8.76. The molecule has 0 spiro atoms. The zero-order valence-corrected chi connectivity index (χ0v) is 23.8. The number of esters is 1. The minimum Gasteiger partial charge on any atom is -0.463 e. The zero-order chi connectivity index (χ0) is 28.2. The van der Waals surface area contributed by atoms with E-state index in [-0.39, 0.29) is 45.0 Å². The molecule has 2 heterocycles. The van der Waals surface area contributed by atoms with Crippen LogP contribution >= 0.6 is 21.6 Å². The van der Waals surface area contributed by atoms with Gasteiger partial charge in [-0.25, -0.2) is 9.78 Å². The number of hydrogen-bond donors (Lipinski definition) is 1. The summed E-state index contributed by atoms with van der Waals surface area (Å²) in [6.07, 6.45) is 2.18. The third kappa shape index (κ3) is 10.6. The van der Waals surface area contributed by atoms with Crippen molar-refractivity contribution in [1.29, 1.82) is 0 Å². The molecule has 3 amide bonds. The van der Waals surface area contributed by atoms with Crippen molar-refractivity contribution in [3.8, 4) is 0 Å². The van der Waals surface area contributed by atoms with Crippen molar-refractivity contribution in [3.05, 3.63) is 24.4 Å². The minimum absolute atomic E-state index is 0.00445. The fourth-order valence-corrected chi connectivity index (χ4v) is 5.46. The van der Waals surface area contributed by atoms with E-state index in [0.717, 1.165) is 5.03 Å². The lowest BCUT2D eigenvalue weighted by Crippen LogP contribution is -2.41. The summed E-state index contributed by atoms with van der Waals surface area (Å²) in [6, 6.07) is 5.68. The Bertz CT molecular complexity index is 972. The molecule has 0 aromatic carbocycles. The lowest BCUT2D eigenvalue weighted by atomic mass is 9.75. The molecule has 1 fully saturated rings. The monoisotopic (exact) mass is 569 g/mol. The van der Waals surface area contributed by atoms with E-state index in [2.05, 4.69) is 10.3 Å². The van der Waals surface area contributed by atoms with E-state index in [9.17, 15) is 24.0 Å². The Morgan fingerprint density at radius 1 is 1.00 bits per heavy atom. The highest BCUT2D eigenvalue weighted by Crippen LogP contribution is 2.36. The van der Waals surface area contributed by atoms with Gasteiger partial charge < -0.3 is 19.6 Å². The first-order valence-electron chi connectivity index (χ1n) is 12.2. The van der Waals surface area contributed by atoms with E-state index in [1.807, 2.05) is 18.2 Å². The number of hydrogen-bond acceptors (Lipinski definition) is 11. The zero-order valence-electron chi connectivity index (χ0n) is 22.2. The number of nitrogens with one attached hydrogen (secondary N) is 1. The molecule has 0 aliphatic carbocycles. The van der Waals surface area contributed by atoms with Gasteiger partial charge in [0, 0.05) is 37.8 Å². The van der Waals surface area contributed by atoms with Crippen molar-refractivity contribution in [2.45, 2.75) is 58.4 Å². The molecule has 1 aromatic rings. The maximum atomic E-state index is 12.6. The fourth-order valence-electron chi connectivity index (χ4n) is 3.59. The van der Waals surface area contributed by atoms with Gasteiger partial charge in [-0.2, -0.15) is 0 Å². The van der Waals surface area contributed by atoms with Crippen molar-refractivity contribution in [1.82, 2.24) is 15.4 Å². The van der Waals surface area contributed by atoms with Gasteiger partial charge in [-0.3, -0.25) is 19.2 Å². The van der Waals surface area contributed by atoms with Crippen LogP contribution in [0.15, 0.2) is 29.4 Å². The number of rotatable bonds is 16. The maximum absolute atomic E-state index is 12.6. The van der Waals surface area contributed by atoms with Gasteiger partial charge >= 0.3 is 11.9 Å². The van der Waals surface area contributed by atoms with E-state index in [0.29, 0.717) is 23.8 Å². The minimum atomic E-state index is -1.16. The summed E-state index contributed by atoms with van der Waals surface area (Å²) in [4.78, 5) is 69.7. The summed E-state index contributed by atoms with van der Waals surface area (Å²) in [6.45, 7) is 7.21. The van der Waals surface area contributed by atoms with E-state index in [1.54, 1.807) is 44.7 Å². The molecule has 38 heavy (non-hydrogen) atoms. The Labute approximate surface area is 230 Å². The van der Waals surface area contributed by atoms with Crippen LogP contribution in [-0.4, -0.2) is 71.8 Å². The fraction of sp³-hybridized carbons (Fsp3) is 0.600. The molecule has 210 valence electrons. The maximum Gasteiger partial charge on any atom is 0.338 e. The number of pyridine rings is 1. The van der Waals surface area contributed by atoms with Crippen LogP contribution in [0.3, 0.4) is 0 Å². The number of aromatic nitrogens is 1. The van der Waals surface area contributed by atoms with Gasteiger partial charge in [-0.1, -0.05) is 16.9 Å². The summed E-state index contributed by atoms with van der Waals surface area (Å²) in [5.41, 5.74) is -2.20. The summed E-state index contributed by atoms with van der Waals surface area (Å²) in [5.74, 6) is -1.85. The quantitative estimate of drug-likeness (QED) is 0.136. The Balaban J connectivity index is 1.57. The van der Waals surface area contributed by atoms with Crippen LogP contribution in [0.1, 0.15) is 53.4 Å². The van der Waals surface area contributed by atoms with Crippen LogP contribution in [0.25, 0.3) is 0 Å². The van der Waals surface area contributed by atoms with E-state index >= 15 is 0 Å². The number of ether oxygens (including phenoxy) is 2. The molecule has 1 aliphatic heterocycles. The van der Waals surface area contributed by atoms with Crippen LogP contribution in [0.2, 0.25) is 0 Å². The average Bonchev–Trinajstić information content (AvgIpc) is 3.18. The lowest BCUT2D eigenvalue weighted by molar-refractivity contribution is -0.205. The number of carbonyl (C=O) groups is 5. The first-order valence-corrected chi connectivity index (χ1v) is 14.5. The first kappa shape index (κ1) is 31.6. The topological polar surface area (TPSA) is 141 Å². The highest BCUT2D eigenvalue weighted by atomic mass is 33.1. The van der Waals surface area contributed by atoms with Crippen molar-refractivity contribution >= 4 is 51.2 Å². The van der Waals surface area contributed by atoms with Gasteiger partial charge in [0.2, 0.25) is 5.91 Å². The molecule has 0 atom stereocenters. The predicted octanol–water partition coefficient (Wildman–Crippen LogP) is 2.94. The largest absolute Gasteiger partial charge is 0.463 e.